The summed E-state index contributed by atoms with van der Waals surface area (Å²) >= 11 is 0. The standard InChI is InChI=1S/C18H28N2O/c1-13-6-7-17(14(2)9-13)18(21)12-20-11-16-5-4-8-19(16)10-15(20)3/h6-7,9,15-16,18,21H,4-5,8,10-12H2,1-3H3. The fraction of sp³-hybridized carbons (Fsp3) is 0.667. The van der Waals surface area contributed by atoms with Crippen LogP contribution in [0.1, 0.15) is 42.6 Å². The van der Waals surface area contributed by atoms with E-state index in [1.165, 1.54) is 30.5 Å². The zero-order chi connectivity index (χ0) is 15.0. The maximum atomic E-state index is 10.6. The highest BCUT2D eigenvalue weighted by atomic mass is 16.3. The molecule has 1 N–H and O–H groups in total. The normalized spacial score (nSPS) is 28.6. The largest absolute Gasteiger partial charge is 0.387 e. The number of hydrogen-bond donors (Lipinski definition) is 1. The molecule has 2 aliphatic rings. The minimum Gasteiger partial charge on any atom is -0.387 e. The summed E-state index contributed by atoms with van der Waals surface area (Å²) in [5.41, 5.74) is 3.55. The van der Waals surface area contributed by atoms with E-state index in [-0.39, 0.29) is 6.10 Å². The van der Waals surface area contributed by atoms with Crippen LogP contribution in [0, 0.1) is 13.8 Å². The molecule has 0 amide bonds. The summed E-state index contributed by atoms with van der Waals surface area (Å²) in [7, 11) is 0. The second-order valence-corrected chi connectivity index (χ2v) is 6.97. The first-order valence-corrected chi connectivity index (χ1v) is 8.28. The molecule has 0 aliphatic carbocycles. The summed E-state index contributed by atoms with van der Waals surface area (Å²) in [6.45, 7) is 10.8. The summed E-state index contributed by atoms with van der Waals surface area (Å²) in [6, 6.07) is 7.61. The summed E-state index contributed by atoms with van der Waals surface area (Å²) in [4.78, 5) is 5.11. The molecule has 1 aromatic rings. The summed E-state index contributed by atoms with van der Waals surface area (Å²) in [5.74, 6) is 0. The number of benzene rings is 1. The number of β-amino-alcohol motifs (C(OH)–C–C–N with tert-alkyl or cyclic N) is 1. The Labute approximate surface area is 128 Å². The van der Waals surface area contributed by atoms with Crippen LogP contribution in [0.2, 0.25) is 0 Å². The van der Waals surface area contributed by atoms with Gasteiger partial charge in [-0.2, -0.15) is 0 Å². The second-order valence-electron chi connectivity index (χ2n) is 6.97. The van der Waals surface area contributed by atoms with Crippen LogP contribution in [0.5, 0.6) is 0 Å². The van der Waals surface area contributed by atoms with Gasteiger partial charge in [-0.1, -0.05) is 23.8 Å². The van der Waals surface area contributed by atoms with Crippen molar-refractivity contribution in [2.24, 2.45) is 0 Å². The van der Waals surface area contributed by atoms with E-state index in [2.05, 4.69) is 48.8 Å². The van der Waals surface area contributed by atoms with Crippen molar-refractivity contribution < 1.29 is 5.11 Å². The number of aliphatic hydroxyl groups excluding tert-OH is 1. The first-order valence-electron chi connectivity index (χ1n) is 8.28. The van der Waals surface area contributed by atoms with E-state index in [0.717, 1.165) is 25.2 Å². The van der Waals surface area contributed by atoms with Crippen LogP contribution in [0.25, 0.3) is 0 Å². The van der Waals surface area contributed by atoms with Crippen molar-refractivity contribution in [3.8, 4) is 0 Å². The number of hydrogen-bond acceptors (Lipinski definition) is 3. The van der Waals surface area contributed by atoms with E-state index in [9.17, 15) is 5.11 Å². The molecule has 21 heavy (non-hydrogen) atoms. The Balaban J connectivity index is 1.67. The molecule has 2 heterocycles. The fourth-order valence-corrected chi connectivity index (χ4v) is 4.02. The quantitative estimate of drug-likeness (QED) is 0.926. The van der Waals surface area contributed by atoms with E-state index in [1.54, 1.807) is 0 Å². The maximum Gasteiger partial charge on any atom is 0.0919 e. The summed E-state index contributed by atoms with van der Waals surface area (Å²) < 4.78 is 0. The zero-order valence-electron chi connectivity index (χ0n) is 13.5. The van der Waals surface area contributed by atoms with Crippen molar-refractivity contribution in [2.45, 2.75) is 51.8 Å². The average Bonchev–Trinajstić information content (AvgIpc) is 2.86. The lowest BCUT2D eigenvalue weighted by molar-refractivity contribution is 0.0224. The molecule has 0 bridgehead atoms. The summed E-state index contributed by atoms with van der Waals surface area (Å²) in [6.07, 6.45) is 2.29. The van der Waals surface area contributed by atoms with Crippen molar-refractivity contribution >= 4 is 0 Å². The van der Waals surface area contributed by atoms with Crippen molar-refractivity contribution in [3.05, 3.63) is 34.9 Å². The highest BCUT2D eigenvalue weighted by Crippen LogP contribution is 2.27. The predicted octanol–water partition coefficient (Wildman–Crippen LogP) is 2.51. The van der Waals surface area contributed by atoms with E-state index in [0.29, 0.717) is 12.1 Å². The Bertz CT molecular complexity index is 502. The van der Waals surface area contributed by atoms with Crippen molar-refractivity contribution in [1.82, 2.24) is 9.80 Å². The average molecular weight is 288 g/mol. The highest BCUT2D eigenvalue weighted by molar-refractivity contribution is 5.32. The van der Waals surface area contributed by atoms with Gasteiger partial charge in [-0.3, -0.25) is 9.80 Å². The van der Waals surface area contributed by atoms with Gasteiger partial charge < -0.3 is 5.11 Å². The Kier molecular flexibility index (Phi) is 4.34. The van der Waals surface area contributed by atoms with Gasteiger partial charge in [0, 0.05) is 31.7 Å². The molecule has 0 aromatic heterocycles. The second kappa shape index (κ2) is 6.07. The molecular weight excluding hydrogens is 260 g/mol. The molecule has 116 valence electrons. The molecule has 3 nitrogen and oxygen atoms in total. The topological polar surface area (TPSA) is 26.7 Å². The molecule has 1 aromatic carbocycles. The number of rotatable bonds is 3. The minimum atomic E-state index is -0.374. The lowest BCUT2D eigenvalue weighted by Crippen LogP contribution is -2.55. The SMILES string of the molecule is Cc1ccc(C(O)CN2CC3CCCN3CC2C)c(C)c1. The van der Waals surface area contributed by atoms with E-state index < -0.39 is 0 Å². The predicted molar refractivity (Wildman–Crippen MR) is 86.5 cm³/mol. The zero-order valence-corrected chi connectivity index (χ0v) is 13.5. The maximum absolute atomic E-state index is 10.6. The van der Waals surface area contributed by atoms with Gasteiger partial charge in [0.15, 0.2) is 0 Å². The molecule has 2 saturated heterocycles. The van der Waals surface area contributed by atoms with Crippen LogP contribution in [0.3, 0.4) is 0 Å². The third-order valence-corrected chi connectivity index (χ3v) is 5.26. The van der Waals surface area contributed by atoms with Crippen LogP contribution < -0.4 is 0 Å². The van der Waals surface area contributed by atoms with Crippen LogP contribution in [0.15, 0.2) is 18.2 Å². The molecule has 3 atom stereocenters. The Morgan fingerprint density at radius 2 is 2.10 bits per heavy atom. The monoisotopic (exact) mass is 288 g/mol. The Morgan fingerprint density at radius 3 is 2.86 bits per heavy atom. The fourth-order valence-electron chi connectivity index (χ4n) is 4.02. The highest BCUT2D eigenvalue weighted by Gasteiger charge is 2.35. The van der Waals surface area contributed by atoms with Crippen molar-refractivity contribution in [3.63, 3.8) is 0 Å². The van der Waals surface area contributed by atoms with Gasteiger partial charge in [-0.15, -0.1) is 0 Å². The van der Waals surface area contributed by atoms with Crippen LogP contribution in [-0.4, -0.2) is 53.2 Å². The summed E-state index contributed by atoms with van der Waals surface area (Å²) in [5, 5.41) is 10.6. The number of nitrogens with zero attached hydrogens (tertiary/aromatic N) is 2. The first kappa shape index (κ1) is 15.0. The Hall–Kier alpha value is -0.900. The van der Waals surface area contributed by atoms with Crippen molar-refractivity contribution in [1.29, 1.82) is 0 Å². The number of fused-ring (bicyclic) bond motifs is 1. The molecular formula is C18H28N2O. The number of aliphatic hydroxyl groups is 1. The van der Waals surface area contributed by atoms with Gasteiger partial charge in [0.05, 0.1) is 6.10 Å². The molecule has 2 aliphatic heterocycles. The van der Waals surface area contributed by atoms with Gasteiger partial charge >= 0.3 is 0 Å². The van der Waals surface area contributed by atoms with Gasteiger partial charge in [0.1, 0.15) is 0 Å². The van der Waals surface area contributed by atoms with Gasteiger partial charge in [-0.25, -0.2) is 0 Å². The van der Waals surface area contributed by atoms with Crippen LogP contribution in [-0.2, 0) is 0 Å². The Morgan fingerprint density at radius 1 is 1.29 bits per heavy atom. The molecule has 3 unspecified atom stereocenters. The molecule has 2 fully saturated rings. The van der Waals surface area contributed by atoms with Gasteiger partial charge in [0.2, 0.25) is 0 Å². The van der Waals surface area contributed by atoms with E-state index in [1.807, 2.05) is 0 Å². The number of piperazine rings is 1. The molecule has 3 heteroatoms. The number of aryl methyl sites for hydroxylation is 2. The molecule has 0 saturated carbocycles. The third-order valence-electron chi connectivity index (χ3n) is 5.26. The van der Waals surface area contributed by atoms with Gasteiger partial charge in [-0.05, 0) is 51.3 Å². The first-order chi connectivity index (χ1) is 10.0. The molecule has 0 radical (unpaired) electrons. The lowest BCUT2D eigenvalue weighted by Gasteiger charge is -2.43. The van der Waals surface area contributed by atoms with Crippen LogP contribution >= 0.6 is 0 Å². The molecule has 3 rings (SSSR count). The van der Waals surface area contributed by atoms with Crippen molar-refractivity contribution in [2.75, 3.05) is 26.2 Å². The third kappa shape index (κ3) is 3.15. The smallest absolute Gasteiger partial charge is 0.0919 e. The van der Waals surface area contributed by atoms with Gasteiger partial charge in [0.25, 0.3) is 0 Å². The minimum absolute atomic E-state index is 0.374. The van der Waals surface area contributed by atoms with E-state index >= 15 is 0 Å². The van der Waals surface area contributed by atoms with E-state index in [4.69, 9.17) is 0 Å². The lowest BCUT2D eigenvalue weighted by atomic mass is 9.99. The van der Waals surface area contributed by atoms with Crippen LogP contribution in [0.4, 0.5) is 0 Å². The molecule has 0 spiro atoms.